The number of nitrogens with one attached hydrogen (secondary N) is 1. The van der Waals surface area contributed by atoms with E-state index in [1.54, 1.807) is 7.11 Å². The van der Waals surface area contributed by atoms with Gasteiger partial charge in [-0.2, -0.15) is 0 Å². The molecule has 1 amide bonds. The standard InChI is InChI=1S/C15H22N2O3.ClH/c1-19-8-9-20-14-6-4-13(5-7-14)17-15(18)11-2-3-12(16)10-11;/h4-7,11-12H,2-3,8-10,16H2,1H3,(H,17,18);1H. The summed E-state index contributed by atoms with van der Waals surface area (Å²) in [5, 5.41) is 2.92. The maximum absolute atomic E-state index is 12.0. The van der Waals surface area contributed by atoms with E-state index in [0.717, 1.165) is 30.7 Å². The van der Waals surface area contributed by atoms with E-state index in [2.05, 4.69) is 5.32 Å². The Kier molecular flexibility index (Phi) is 7.50. The molecule has 1 aliphatic carbocycles. The SMILES string of the molecule is COCCOc1ccc(NC(=O)C2CCC(N)C2)cc1.Cl. The van der Waals surface area contributed by atoms with Crippen LogP contribution in [-0.2, 0) is 9.53 Å². The number of benzene rings is 1. The van der Waals surface area contributed by atoms with E-state index in [1.807, 2.05) is 24.3 Å². The lowest BCUT2D eigenvalue weighted by molar-refractivity contribution is -0.119. The number of hydrogen-bond donors (Lipinski definition) is 2. The van der Waals surface area contributed by atoms with Gasteiger partial charge in [-0.1, -0.05) is 0 Å². The number of nitrogens with two attached hydrogens (primary N) is 1. The van der Waals surface area contributed by atoms with Gasteiger partial charge in [0, 0.05) is 24.8 Å². The molecule has 2 atom stereocenters. The van der Waals surface area contributed by atoms with E-state index in [-0.39, 0.29) is 30.3 Å². The van der Waals surface area contributed by atoms with Gasteiger partial charge in [-0.15, -0.1) is 12.4 Å². The second kappa shape index (κ2) is 8.87. The van der Waals surface area contributed by atoms with Crippen molar-refractivity contribution < 1.29 is 14.3 Å². The second-order valence-corrected chi connectivity index (χ2v) is 5.12. The van der Waals surface area contributed by atoms with E-state index >= 15 is 0 Å². The first-order valence-electron chi connectivity index (χ1n) is 6.97. The molecule has 1 aromatic carbocycles. The summed E-state index contributed by atoms with van der Waals surface area (Å²) in [7, 11) is 1.64. The minimum atomic E-state index is 0. The maximum Gasteiger partial charge on any atom is 0.227 e. The van der Waals surface area contributed by atoms with Gasteiger partial charge in [0.1, 0.15) is 12.4 Å². The van der Waals surface area contributed by atoms with Gasteiger partial charge in [0.15, 0.2) is 0 Å². The number of ether oxygens (including phenoxy) is 2. The van der Waals surface area contributed by atoms with Crippen LogP contribution in [0.5, 0.6) is 5.75 Å². The Morgan fingerprint density at radius 2 is 2.00 bits per heavy atom. The van der Waals surface area contributed by atoms with Crippen LogP contribution in [0.15, 0.2) is 24.3 Å². The molecule has 0 radical (unpaired) electrons. The lowest BCUT2D eigenvalue weighted by Gasteiger charge is -2.11. The van der Waals surface area contributed by atoms with E-state index < -0.39 is 0 Å². The van der Waals surface area contributed by atoms with E-state index in [0.29, 0.717) is 13.2 Å². The Morgan fingerprint density at radius 3 is 2.57 bits per heavy atom. The van der Waals surface area contributed by atoms with Crippen molar-refractivity contribution in [2.75, 3.05) is 25.6 Å². The molecule has 0 heterocycles. The van der Waals surface area contributed by atoms with Crippen LogP contribution in [0.25, 0.3) is 0 Å². The van der Waals surface area contributed by atoms with Crippen molar-refractivity contribution in [1.29, 1.82) is 0 Å². The summed E-state index contributed by atoms with van der Waals surface area (Å²) in [4.78, 5) is 12.0. The van der Waals surface area contributed by atoms with Crippen LogP contribution in [0.2, 0.25) is 0 Å². The van der Waals surface area contributed by atoms with Crippen molar-refractivity contribution in [3.8, 4) is 5.75 Å². The molecule has 2 unspecified atom stereocenters. The topological polar surface area (TPSA) is 73.6 Å². The molecule has 6 heteroatoms. The molecule has 0 bridgehead atoms. The third kappa shape index (κ3) is 5.53. The maximum atomic E-state index is 12.0. The first-order valence-corrected chi connectivity index (χ1v) is 6.97. The lowest BCUT2D eigenvalue weighted by atomic mass is 10.1. The van der Waals surface area contributed by atoms with Crippen molar-refractivity contribution in [2.24, 2.45) is 11.7 Å². The number of anilines is 1. The van der Waals surface area contributed by atoms with Gasteiger partial charge < -0.3 is 20.5 Å². The first kappa shape index (κ1) is 17.8. The molecule has 0 aliphatic heterocycles. The average molecular weight is 315 g/mol. The van der Waals surface area contributed by atoms with Crippen LogP contribution < -0.4 is 15.8 Å². The molecule has 1 fully saturated rings. The second-order valence-electron chi connectivity index (χ2n) is 5.12. The van der Waals surface area contributed by atoms with Gasteiger partial charge >= 0.3 is 0 Å². The highest BCUT2D eigenvalue weighted by Crippen LogP contribution is 2.25. The molecular weight excluding hydrogens is 292 g/mol. The van der Waals surface area contributed by atoms with Crippen LogP contribution in [-0.4, -0.2) is 32.3 Å². The molecule has 1 aromatic rings. The highest BCUT2D eigenvalue weighted by atomic mass is 35.5. The van der Waals surface area contributed by atoms with Gasteiger partial charge in [0.2, 0.25) is 5.91 Å². The van der Waals surface area contributed by atoms with Crippen molar-refractivity contribution in [3.05, 3.63) is 24.3 Å². The molecule has 118 valence electrons. The smallest absolute Gasteiger partial charge is 0.227 e. The summed E-state index contributed by atoms with van der Waals surface area (Å²) in [5.74, 6) is 0.872. The summed E-state index contributed by atoms with van der Waals surface area (Å²) < 4.78 is 10.4. The monoisotopic (exact) mass is 314 g/mol. The van der Waals surface area contributed by atoms with E-state index in [1.165, 1.54) is 0 Å². The summed E-state index contributed by atoms with van der Waals surface area (Å²) in [6, 6.07) is 7.53. The normalized spacial score (nSPS) is 20.7. The number of amides is 1. The van der Waals surface area contributed by atoms with Crippen molar-refractivity contribution in [1.82, 2.24) is 0 Å². The van der Waals surface area contributed by atoms with Crippen molar-refractivity contribution >= 4 is 24.0 Å². The number of halogens is 1. The molecule has 0 spiro atoms. The molecule has 1 aliphatic rings. The highest BCUT2D eigenvalue weighted by molar-refractivity contribution is 5.92. The van der Waals surface area contributed by atoms with Crippen LogP contribution in [0.1, 0.15) is 19.3 Å². The summed E-state index contributed by atoms with van der Waals surface area (Å²) in [5.41, 5.74) is 6.61. The summed E-state index contributed by atoms with van der Waals surface area (Å²) >= 11 is 0. The van der Waals surface area contributed by atoms with Gasteiger partial charge in [-0.25, -0.2) is 0 Å². The minimum Gasteiger partial charge on any atom is -0.491 e. The summed E-state index contributed by atoms with van der Waals surface area (Å²) in [6.07, 6.45) is 2.60. The van der Waals surface area contributed by atoms with Crippen LogP contribution in [0.3, 0.4) is 0 Å². The Balaban J connectivity index is 0.00000220. The fraction of sp³-hybridized carbons (Fsp3) is 0.533. The van der Waals surface area contributed by atoms with Crippen LogP contribution in [0.4, 0.5) is 5.69 Å². The molecule has 0 aromatic heterocycles. The molecule has 2 rings (SSSR count). The predicted molar refractivity (Wildman–Crippen MR) is 85.0 cm³/mol. The Labute approximate surface area is 131 Å². The Morgan fingerprint density at radius 1 is 1.29 bits per heavy atom. The average Bonchev–Trinajstić information content (AvgIpc) is 2.88. The molecule has 3 N–H and O–H groups in total. The third-order valence-electron chi connectivity index (χ3n) is 3.52. The van der Waals surface area contributed by atoms with Gasteiger partial charge in [-0.05, 0) is 43.5 Å². The molecule has 21 heavy (non-hydrogen) atoms. The molecular formula is C15H23ClN2O3. The Hall–Kier alpha value is -1.30. The van der Waals surface area contributed by atoms with Crippen LogP contribution >= 0.6 is 12.4 Å². The van der Waals surface area contributed by atoms with Gasteiger partial charge in [-0.3, -0.25) is 4.79 Å². The predicted octanol–water partition coefficient (Wildman–Crippen LogP) is 2.20. The Bertz CT molecular complexity index is 439. The lowest BCUT2D eigenvalue weighted by Crippen LogP contribution is -2.23. The molecule has 5 nitrogen and oxygen atoms in total. The largest absolute Gasteiger partial charge is 0.491 e. The highest BCUT2D eigenvalue weighted by Gasteiger charge is 2.27. The van der Waals surface area contributed by atoms with Crippen LogP contribution in [0, 0.1) is 5.92 Å². The minimum absolute atomic E-state index is 0. The zero-order valence-corrected chi connectivity index (χ0v) is 13.0. The molecule has 1 saturated carbocycles. The van der Waals surface area contributed by atoms with E-state index in [9.17, 15) is 4.79 Å². The van der Waals surface area contributed by atoms with Crippen molar-refractivity contribution in [2.45, 2.75) is 25.3 Å². The van der Waals surface area contributed by atoms with Gasteiger partial charge in [0.25, 0.3) is 0 Å². The number of methoxy groups -OCH3 is 1. The number of rotatable bonds is 6. The van der Waals surface area contributed by atoms with Crippen molar-refractivity contribution in [3.63, 3.8) is 0 Å². The quantitative estimate of drug-likeness (QED) is 0.789. The number of hydrogen-bond acceptors (Lipinski definition) is 4. The fourth-order valence-corrected chi connectivity index (χ4v) is 2.38. The summed E-state index contributed by atoms with van der Waals surface area (Å²) in [6.45, 7) is 1.07. The zero-order chi connectivity index (χ0) is 14.4. The van der Waals surface area contributed by atoms with Gasteiger partial charge in [0.05, 0.1) is 6.61 Å². The fourth-order valence-electron chi connectivity index (χ4n) is 2.38. The first-order chi connectivity index (χ1) is 9.69. The number of carbonyl (C=O) groups excluding carboxylic acids is 1. The van der Waals surface area contributed by atoms with E-state index in [4.69, 9.17) is 15.2 Å². The third-order valence-corrected chi connectivity index (χ3v) is 3.52. The zero-order valence-electron chi connectivity index (χ0n) is 12.2. The molecule has 0 saturated heterocycles. The number of carbonyl (C=O) groups is 1.